The summed E-state index contributed by atoms with van der Waals surface area (Å²) in [6, 6.07) is 0. The van der Waals surface area contributed by atoms with E-state index in [9.17, 15) is 10.2 Å². The minimum atomic E-state index is -0.835. The lowest BCUT2D eigenvalue weighted by atomic mass is 9.85. The first-order valence-corrected chi connectivity index (χ1v) is 5.18. The second kappa shape index (κ2) is 2.18. The van der Waals surface area contributed by atoms with Crippen molar-refractivity contribution in [2.75, 3.05) is 0 Å². The third-order valence-corrected chi connectivity index (χ3v) is 4.34. The summed E-state index contributed by atoms with van der Waals surface area (Å²) in [5, 5.41) is 19.9. The molecule has 0 radical (unpaired) electrons. The van der Waals surface area contributed by atoms with E-state index < -0.39 is 11.7 Å². The van der Waals surface area contributed by atoms with Crippen LogP contribution in [0.4, 0.5) is 0 Å². The minimum absolute atomic E-state index is 0.338. The summed E-state index contributed by atoms with van der Waals surface area (Å²) in [4.78, 5) is 0. The molecule has 0 aromatic carbocycles. The van der Waals surface area contributed by atoms with Crippen molar-refractivity contribution in [2.45, 2.75) is 31.5 Å². The fraction of sp³-hybridized carbons (Fsp3) is 0.818. The van der Waals surface area contributed by atoms with Gasteiger partial charge in [-0.15, -0.1) is 0 Å². The van der Waals surface area contributed by atoms with Crippen LogP contribution in [0.3, 0.4) is 0 Å². The number of allylic oxidation sites excluding steroid dienone is 2. The molecule has 0 saturated heterocycles. The number of rotatable bonds is 0. The summed E-state index contributed by atoms with van der Waals surface area (Å²) in [6.07, 6.45) is 6.00. The molecule has 3 aliphatic carbocycles. The molecule has 2 N–H and O–H groups in total. The van der Waals surface area contributed by atoms with E-state index in [1.54, 1.807) is 6.92 Å². The predicted octanol–water partition coefficient (Wildman–Crippen LogP) is 0.940. The molecule has 0 aliphatic heterocycles. The Morgan fingerprint density at radius 3 is 2.69 bits per heavy atom. The highest BCUT2D eigenvalue weighted by atomic mass is 16.3. The zero-order chi connectivity index (χ0) is 9.22. The lowest BCUT2D eigenvalue weighted by molar-refractivity contribution is -0.0589. The molecular weight excluding hydrogens is 164 g/mol. The van der Waals surface area contributed by atoms with E-state index in [2.05, 4.69) is 12.2 Å². The molecule has 0 aromatic rings. The third kappa shape index (κ3) is 0.856. The molecule has 13 heavy (non-hydrogen) atoms. The van der Waals surface area contributed by atoms with Crippen molar-refractivity contribution in [2.24, 2.45) is 23.7 Å². The maximum absolute atomic E-state index is 9.97. The quantitative estimate of drug-likeness (QED) is 0.545. The maximum atomic E-state index is 9.97. The van der Waals surface area contributed by atoms with Gasteiger partial charge in [0.05, 0.1) is 11.7 Å². The van der Waals surface area contributed by atoms with E-state index in [0.29, 0.717) is 23.7 Å². The molecule has 0 heterocycles. The second-order valence-corrected chi connectivity index (χ2v) is 5.20. The van der Waals surface area contributed by atoms with Gasteiger partial charge in [0, 0.05) is 0 Å². The van der Waals surface area contributed by atoms with Crippen LogP contribution >= 0.6 is 0 Å². The molecule has 0 amide bonds. The van der Waals surface area contributed by atoms with E-state index in [1.807, 2.05) is 0 Å². The zero-order valence-electron chi connectivity index (χ0n) is 7.85. The van der Waals surface area contributed by atoms with Gasteiger partial charge < -0.3 is 10.2 Å². The topological polar surface area (TPSA) is 40.5 Å². The van der Waals surface area contributed by atoms with Crippen molar-refractivity contribution in [1.29, 1.82) is 0 Å². The van der Waals surface area contributed by atoms with Crippen LogP contribution in [0.25, 0.3) is 0 Å². The van der Waals surface area contributed by atoms with Gasteiger partial charge in [0.2, 0.25) is 0 Å². The predicted molar refractivity (Wildman–Crippen MR) is 49.0 cm³/mol. The monoisotopic (exact) mass is 180 g/mol. The van der Waals surface area contributed by atoms with Crippen LogP contribution in [0.2, 0.25) is 0 Å². The van der Waals surface area contributed by atoms with Crippen molar-refractivity contribution in [3.63, 3.8) is 0 Å². The molecule has 0 aromatic heterocycles. The molecular formula is C11H16O2. The van der Waals surface area contributed by atoms with Crippen LogP contribution in [0.15, 0.2) is 12.2 Å². The fourth-order valence-electron chi connectivity index (χ4n) is 3.73. The highest BCUT2D eigenvalue weighted by molar-refractivity contribution is 5.20. The number of hydrogen-bond donors (Lipinski definition) is 2. The fourth-order valence-corrected chi connectivity index (χ4v) is 3.73. The normalized spacial score (nSPS) is 63.2. The molecule has 6 atom stereocenters. The van der Waals surface area contributed by atoms with Gasteiger partial charge in [-0.1, -0.05) is 12.2 Å². The SMILES string of the molecule is C[C@@]1(O)C[C@H]2[C@H]([C@@H]3C=C[C@H]2C3)[C@@H]1O. The molecule has 2 fully saturated rings. The Hall–Kier alpha value is -0.340. The molecule has 3 aliphatic rings. The van der Waals surface area contributed by atoms with Gasteiger partial charge in [-0.05, 0) is 43.4 Å². The van der Waals surface area contributed by atoms with E-state index in [0.717, 1.165) is 6.42 Å². The maximum Gasteiger partial charge on any atom is 0.0883 e. The number of aliphatic hydroxyl groups is 2. The number of aliphatic hydroxyl groups excluding tert-OH is 1. The standard InChI is InChI=1S/C11H16O2/c1-11(13)5-8-6-2-3-7(4-6)9(8)10(11)12/h2-3,6-10,12-13H,4-5H2,1H3/t6-,7+,8+,9-,10-,11+/m0/s1. The lowest BCUT2D eigenvalue weighted by Crippen LogP contribution is -2.38. The Labute approximate surface area is 78.3 Å². The van der Waals surface area contributed by atoms with Gasteiger partial charge in [0.1, 0.15) is 0 Å². The van der Waals surface area contributed by atoms with E-state index >= 15 is 0 Å². The number of hydrogen-bond acceptors (Lipinski definition) is 2. The van der Waals surface area contributed by atoms with Crippen molar-refractivity contribution >= 4 is 0 Å². The first-order valence-electron chi connectivity index (χ1n) is 5.18. The Morgan fingerprint density at radius 2 is 2.00 bits per heavy atom. The summed E-state index contributed by atoms with van der Waals surface area (Å²) in [6.45, 7) is 1.77. The largest absolute Gasteiger partial charge is 0.390 e. The van der Waals surface area contributed by atoms with Crippen LogP contribution in [0.1, 0.15) is 19.8 Å². The van der Waals surface area contributed by atoms with Gasteiger partial charge in [-0.25, -0.2) is 0 Å². The zero-order valence-corrected chi connectivity index (χ0v) is 7.85. The second-order valence-electron chi connectivity index (χ2n) is 5.20. The Bertz CT molecular complexity index is 269. The summed E-state index contributed by atoms with van der Waals surface area (Å²) in [5.74, 6) is 2.06. The van der Waals surface area contributed by atoms with Gasteiger partial charge in [-0.2, -0.15) is 0 Å². The van der Waals surface area contributed by atoms with Crippen molar-refractivity contribution < 1.29 is 10.2 Å². The van der Waals surface area contributed by atoms with E-state index in [4.69, 9.17) is 0 Å². The molecule has 2 heteroatoms. The molecule has 2 bridgehead atoms. The van der Waals surface area contributed by atoms with Gasteiger partial charge in [-0.3, -0.25) is 0 Å². The average Bonchev–Trinajstić information content (AvgIpc) is 2.65. The van der Waals surface area contributed by atoms with E-state index in [1.165, 1.54) is 6.42 Å². The molecule has 0 unspecified atom stereocenters. The first-order chi connectivity index (χ1) is 6.09. The highest BCUT2D eigenvalue weighted by Crippen LogP contribution is 2.57. The molecule has 2 nitrogen and oxygen atoms in total. The highest BCUT2D eigenvalue weighted by Gasteiger charge is 2.58. The molecule has 2 saturated carbocycles. The van der Waals surface area contributed by atoms with Crippen molar-refractivity contribution in [3.05, 3.63) is 12.2 Å². The molecule has 3 rings (SSSR count). The van der Waals surface area contributed by atoms with Crippen molar-refractivity contribution in [3.8, 4) is 0 Å². The molecule has 0 spiro atoms. The summed E-state index contributed by atoms with van der Waals surface area (Å²) < 4.78 is 0. The van der Waals surface area contributed by atoms with Crippen LogP contribution in [-0.4, -0.2) is 21.9 Å². The summed E-state index contributed by atoms with van der Waals surface area (Å²) in [5.41, 5.74) is -0.835. The van der Waals surface area contributed by atoms with Crippen LogP contribution < -0.4 is 0 Å². The average molecular weight is 180 g/mol. The van der Waals surface area contributed by atoms with Crippen LogP contribution in [0, 0.1) is 23.7 Å². The summed E-state index contributed by atoms with van der Waals surface area (Å²) in [7, 11) is 0. The Morgan fingerprint density at radius 1 is 1.31 bits per heavy atom. The molecule has 72 valence electrons. The number of fused-ring (bicyclic) bond motifs is 5. The van der Waals surface area contributed by atoms with Gasteiger partial charge in [0.15, 0.2) is 0 Å². The Kier molecular flexibility index (Phi) is 1.34. The Balaban J connectivity index is 1.96. The summed E-state index contributed by atoms with van der Waals surface area (Å²) >= 11 is 0. The van der Waals surface area contributed by atoms with Crippen LogP contribution in [0.5, 0.6) is 0 Å². The van der Waals surface area contributed by atoms with Gasteiger partial charge in [0.25, 0.3) is 0 Å². The first kappa shape index (κ1) is 8.01. The van der Waals surface area contributed by atoms with Crippen LogP contribution in [-0.2, 0) is 0 Å². The van der Waals surface area contributed by atoms with E-state index in [-0.39, 0.29) is 0 Å². The van der Waals surface area contributed by atoms with Crippen molar-refractivity contribution in [1.82, 2.24) is 0 Å². The third-order valence-electron chi connectivity index (χ3n) is 4.34. The minimum Gasteiger partial charge on any atom is -0.390 e. The lowest BCUT2D eigenvalue weighted by Gasteiger charge is -2.26. The smallest absolute Gasteiger partial charge is 0.0883 e. The van der Waals surface area contributed by atoms with Gasteiger partial charge >= 0.3 is 0 Å².